The zero-order chi connectivity index (χ0) is 16.2. The highest BCUT2D eigenvalue weighted by Gasteiger charge is 2.29. The molecule has 0 saturated heterocycles. The summed E-state index contributed by atoms with van der Waals surface area (Å²) in [7, 11) is 0. The predicted octanol–water partition coefficient (Wildman–Crippen LogP) is 6.52. The van der Waals surface area contributed by atoms with Crippen LogP contribution in [0.5, 0.6) is 0 Å². The molecule has 0 amide bonds. The molecular weight excluding hydrogens is 278 g/mol. The Labute approximate surface area is 140 Å². The van der Waals surface area contributed by atoms with Crippen LogP contribution in [-0.4, -0.2) is 0 Å². The van der Waals surface area contributed by atoms with Crippen LogP contribution in [0.1, 0.15) is 62.3 Å². The van der Waals surface area contributed by atoms with E-state index in [4.69, 9.17) is 0 Å². The minimum Gasteiger partial charge on any atom is -0.374 e. The number of rotatable bonds is 6. The van der Waals surface area contributed by atoms with Crippen molar-refractivity contribution in [2.24, 2.45) is 0 Å². The van der Waals surface area contributed by atoms with E-state index in [-0.39, 0.29) is 0 Å². The first-order valence-corrected chi connectivity index (χ1v) is 8.89. The highest BCUT2D eigenvalue weighted by atomic mass is 14.9. The van der Waals surface area contributed by atoms with Gasteiger partial charge in [-0.05, 0) is 54.2 Å². The summed E-state index contributed by atoms with van der Waals surface area (Å²) in [5.74, 6) is 0. The number of benzene rings is 2. The van der Waals surface area contributed by atoms with Gasteiger partial charge in [0.2, 0.25) is 0 Å². The van der Waals surface area contributed by atoms with Crippen molar-refractivity contribution in [1.29, 1.82) is 0 Å². The molecule has 23 heavy (non-hydrogen) atoms. The smallest absolute Gasteiger partial charge is 0.0739 e. The van der Waals surface area contributed by atoms with Crippen LogP contribution < -0.4 is 5.32 Å². The average Bonchev–Trinajstić information content (AvgIpc) is 2.85. The van der Waals surface area contributed by atoms with Crippen molar-refractivity contribution >= 4 is 11.3 Å². The summed E-state index contributed by atoms with van der Waals surface area (Å²) < 4.78 is 0. The summed E-state index contributed by atoms with van der Waals surface area (Å²) in [6, 6.07) is 18.0. The number of fused-ring (bicyclic) bond motifs is 1. The Kier molecular flexibility index (Phi) is 4.85. The quantitative estimate of drug-likeness (QED) is 0.641. The van der Waals surface area contributed by atoms with Gasteiger partial charge in [0.25, 0.3) is 0 Å². The third kappa shape index (κ3) is 3.19. The van der Waals surface area contributed by atoms with Crippen molar-refractivity contribution in [1.82, 2.24) is 0 Å². The Morgan fingerprint density at radius 3 is 2.26 bits per heavy atom. The van der Waals surface area contributed by atoms with Gasteiger partial charge in [-0.2, -0.15) is 0 Å². The molecule has 2 aromatic rings. The monoisotopic (exact) mass is 305 g/mol. The predicted molar refractivity (Wildman–Crippen MR) is 101 cm³/mol. The molecule has 2 aromatic carbocycles. The first-order chi connectivity index (χ1) is 11.2. The van der Waals surface area contributed by atoms with Gasteiger partial charge in [0.15, 0.2) is 0 Å². The van der Waals surface area contributed by atoms with Crippen LogP contribution in [0.3, 0.4) is 0 Å². The minimum atomic E-state index is 0.329. The fourth-order valence-corrected chi connectivity index (χ4v) is 3.65. The fourth-order valence-electron chi connectivity index (χ4n) is 3.65. The number of anilines is 1. The highest BCUT2D eigenvalue weighted by Crippen LogP contribution is 2.45. The number of hydrogen-bond acceptors (Lipinski definition) is 1. The Morgan fingerprint density at radius 1 is 0.870 bits per heavy atom. The summed E-state index contributed by atoms with van der Waals surface area (Å²) in [5, 5.41) is 3.79. The van der Waals surface area contributed by atoms with Gasteiger partial charge in [0, 0.05) is 5.69 Å². The van der Waals surface area contributed by atoms with Crippen LogP contribution in [0.2, 0.25) is 0 Å². The third-order valence-corrected chi connectivity index (χ3v) is 4.71. The molecule has 0 fully saturated rings. The molecule has 1 heteroatoms. The lowest BCUT2D eigenvalue weighted by atomic mass is 9.98. The van der Waals surface area contributed by atoms with E-state index >= 15 is 0 Å². The average molecular weight is 305 g/mol. The van der Waals surface area contributed by atoms with E-state index in [9.17, 15) is 0 Å². The van der Waals surface area contributed by atoms with Crippen molar-refractivity contribution in [2.75, 3.05) is 5.32 Å². The normalized spacial score (nSPS) is 16.6. The van der Waals surface area contributed by atoms with Gasteiger partial charge in [-0.1, -0.05) is 68.7 Å². The molecule has 1 aliphatic rings. The Morgan fingerprint density at radius 2 is 1.57 bits per heavy atom. The lowest BCUT2D eigenvalue weighted by molar-refractivity contribution is 0.805. The zero-order valence-electron chi connectivity index (χ0n) is 14.5. The van der Waals surface area contributed by atoms with E-state index in [1.807, 2.05) is 0 Å². The number of nitrogens with one attached hydrogen (secondary N) is 1. The lowest BCUT2D eigenvalue weighted by Crippen LogP contribution is -2.11. The molecule has 0 saturated carbocycles. The number of hydrogen-bond donors (Lipinski definition) is 1. The summed E-state index contributed by atoms with van der Waals surface area (Å²) >= 11 is 0. The molecule has 1 aliphatic carbocycles. The maximum absolute atomic E-state index is 3.79. The molecular formula is C22H27N. The second-order valence-corrected chi connectivity index (χ2v) is 6.53. The van der Waals surface area contributed by atoms with Crippen LogP contribution in [0.25, 0.3) is 5.57 Å². The molecule has 1 unspecified atom stereocenters. The molecule has 1 N–H and O–H groups in total. The lowest BCUT2D eigenvalue weighted by Gasteiger charge is -2.20. The van der Waals surface area contributed by atoms with Crippen LogP contribution in [0.4, 0.5) is 5.69 Å². The van der Waals surface area contributed by atoms with Crippen LogP contribution in [0, 0.1) is 6.92 Å². The first kappa shape index (κ1) is 15.9. The zero-order valence-corrected chi connectivity index (χ0v) is 14.5. The molecule has 0 aromatic heterocycles. The SMILES string of the molecule is CCCC1=C(CCC)C(Nc2ccc(C)cc2)c2ccccc21. The minimum absolute atomic E-state index is 0.329. The van der Waals surface area contributed by atoms with Crippen LogP contribution >= 0.6 is 0 Å². The summed E-state index contributed by atoms with van der Waals surface area (Å²) in [6.45, 7) is 6.69. The molecule has 0 aliphatic heterocycles. The van der Waals surface area contributed by atoms with Crippen molar-refractivity contribution in [2.45, 2.75) is 52.5 Å². The Balaban J connectivity index is 2.00. The van der Waals surface area contributed by atoms with E-state index < -0.39 is 0 Å². The maximum Gasteiger partial charge on any atom is 0.0739 e. The van der Waals surface area contributed by atoms with Crippen molar-refractivity contribution in [3.63, 3.8) is 0 Å². The molecule has 0 heterocycles. The van der Waals surface area contributed by atoms with Crippen molar-refractivity contribution in [3.05, 3.63) is 70.8 Å². The summed E-state index contributed by atoms with van der Waals surface area (Å²) in [5.41, 5.74) is 8.59. The van der Waals surface area contributed by atoms with Gasteiger partial charge in [-0.3, -0.25) is 0 Å². The molecule has 120 valence electrons. The Bertz CT molecular complexity index is 694. The van der Waals surface area contributed by atoms with E-state index in [1.54, 1.807) is 11.1 Å². The first-order valence-electron chi connectivity index (χ1n) is 8.89. The molecule has 3 rings (SSSR count). The molecule has 0 spiro atoms. The Hall–Kier alpha value is -2.02. The largest absolute Gasteiger partial charge is 0.374 e. The van der Waals surface area contributed by atoms with Crippen molar-refractivity contribution < 1.29 is 0 Å². The van der Waals surface area contributed by atoms with E-state index in [2.05, 4.69) is 74.6 Å². The maximum atomic E-state index is 3.79. The van der Waals surface area contributed by atoms with E-state index in [0.29, 0.717) is 6.04 Å². The molecule has 1 atom stereocenters. The van der Waals surface area contributed by atoms with Crippen molar-refractivity contribution in [3.8, 4) is 0 Å². The fraction of sp³-hybridized carbons (Fsp3) is 0.364. The molecule has 1 nitrogen and oxygen atoms in total. The number of aryl methyl sites for hydroxylation is 1. The van der Waals surface area contributed by atoms with Gasteiger partial charge in [0.1, 0.15) is 0 Å². The van der Waals surface area contributed by atoms with Gasteiger partial charge < -0.3 is 5.32 Å². The summed E-state index contributed by atoms with van der Waals surface area (Å²) in [6.07, 6.45) is 4.75. The van der Waals surface area contributed by atoms with Gasteiger partial charge in [-0.25, -0.2) is 0 Å². The standard InChI is InChI=1S/C22H27N/c1-4-8-18-19-10-6-7-11-21(19)22(20(18)9-5-2)23-17-14-12-16(3)13-15-17/h6-7,10-15,22-23H,4-5,8-9H2,1-3H3. The second-order valence-electron chi connectivity index (χ2n) is 6.53. The van der Waals surface area contributed by atoms with Gasteiger partial charge in [0.05, 0.1) is 6.04 Å². The van der Waals surface area contributed by atoms with E-state index in [0.717, 1.165) is 0 Å². The number of allylic oxidation sites excluding steroid dienone is 1. The van der Waals surface area contributed by atoms with E-state index in [1.165, 1.54) is 48.1 Å². The van der Waals surface area contributed by atoms with Crippen LogP contribution in [-0.2, 0) is 0 Å². The summed E-state index contributed by atoms with van der Waals surface area (Å²) in [4.78, 5) is 0. The molecule has 0 radical (unpaired) electrons. The highest BCUT2D eigenvalue weighted by molar-refractivity contribution is 5.79. The van der Waals surface area contributed by atoms with Gasteiger partial charge >= 0.3 is 0 Å². The second kappa shape index (κ2) is 7.04. The van der Waals surface area contributed by atoms with Gasteiger partial charge in [-0.15, -0.1) is 0 Å². The van der Waals surface area contributed by atoms with Crippen LogP contribution in [0.15, 0.2) is 54.1 Å². The molecule has 0 bridgehead atoms. The third-order valence-electron chi connectivity index (χ3n) is 4.71. The topological polar surface area (TPSA) is 12.0 Å².